The van der Waals surface area contributed by atoms with Gasteiger partial charge in [-0.05, 0) is 54.1 Å². The van der Waals surface area contributed by atoms with Crippen molar-refractivity contribution < 1.29 is 19.5 Å². The van der Waals surface area contributed by atoms with Crippen LogP contribution in [-0.2, 0) is 6.54 Å². The number of aromatic carboxylic acids is 1. The van der Waals surface area contributed by atoms with Gasteiger partial charge in [0.15, 0.2) is 0 Å². The Morgan fingerprint density at radius 2 is 1.82 bits per heavy atom. The second kappa shape index (κ2) is 8.32. The number of carbonyl (C=O) groups excluding carboxylic acids is 2. The number of fused-ring (bicyclic) bond motifs is 4. The smallest absolute Gasteiger partial charge is 0.335 e. The van der Waals surface area contributed by atoms with E-state index in [4.69, 9.17) is 0 Å². The summed E-state index contributed by atoms with van der Waals surface area (Å²) in [6.45, 7) is 1.41. The molecule has 1 fully saturated rings. The van der Waals surface area contributed by atoms with Crippen molar-refractivity contribution in [2.24, 2.45) is 5.92 Å². The van der Waals surface area contributed by atoms with Crippen LogP contribution in [0.4, 0.5) is 5.69 Å². The molecule has 8 nitrogen and oxygen atoms in total. The van der Waals surface area contributed by atoms with Gasteiger partial charge in [0.2, 0.25) is 0 Å². The number of anilines is 1. The Balaban J connectivity index is 1.38. The number of nitrogens with one attached hydrogen (secondary N) is 1. The maximum Gasteiger partial charge on any atom is 0.335 e. The number of aromatic nitrogens is 1. The van der Waals surface area contributed by atoms with E-state index in [0.29, 0.717) is 30.1 Å². The maximum absolute atomic E-state index is 13.1. The summed E-state index contributed by atoms with van der Waals surface area (Å²) >= 11 is 1.31. The largest absolute Gasteiger partial charge is 0.478 e. The molecule has 0 aliphatic carbocycles. The molecule has 2 atom stereocenters. The van der Waals surface area contributed by atoms with Gasteiger partial charge in [0, 0.05) is 36.8 Å². The highest BCUT2D eigenvalue weighted by atomic mass is 32.1. The fourth-order valence-electron chi connectivity index (χ4n) is 4.77. The van der Waals surface area contributed by atoms with Crippen molar-refractivity contribution in [2.45, 2.75) is 18.9 Å². The Hall–Kier alpha value is -3.72. The maximum atomic E-state index is 13.1. The van der Waals surface area contributed by atoms with Gasteiger partial charge in [-0.2, -0.15) is 0 Å². The normalized spacial score (nSPS) is 19.0. The van der Waals surface area contributed by atoms with Gasteiger partial charge in [0.1, 0.15) is 5.69 Å². The number of thiophene rings is 1. The first-order valence-electron chi connectivity index (χ1n) is 10.6. The Bertz CT molecular complexity index is 1310. The van der Waals surface area contributed by atoms with Crippen molar-refractivity contribution in [1.82, 2.24) is 9.47 Å². The number of benzene rings is 1. The average Bonchev–Trinajstić information content (AvgIpc) is 3.36. The van der Waals surface area contributed by atoms with E-state index in [2.05, 4.69) is 5.32 Å². The summed E-state index contributed by atoms with van der Waals surface area (Å²) in [5, 5.41) is 13.7. The van der Waals surface area contributed by atoms with E-state index in [-0.39, 0.29) is 40.5 Å². The van der Waals surface area contributed by atoms with Crippen LogP contribution in [0.1, 0.15) is 48.4 Å². The number of carbonyl (C=O) groups is 3. The third-order valence-electron chi connectivity index (χ3n) is 6.24. The molecule has 4 heterocycles. The van der Waals surface area contributed by atoms with Crippen molar-refractivity contribution in [2.75, 3.05) is 18.4 Å². The van der Waals surface area contributed by atoms with Gasteiger partial charge in [0.05, 0.1) is 10.4 Å². The van der Waals surface area contributed by atoms with Gasteiger partial charge in [-0.3, -0.25) is 14.4 Å². The number of carboxylic acid groups (broad SMARTS) is 1. The fraction of sp³-hybridized carbons (Fsp3) is 0.250. The average molecular weight is 464 g/mol. The fourth-order valence-corrected chi connectivity index (χ4v) is 5.39. The molecule has 1 saturated heterocycles. The molecule has 2 aromatic heterocycles. The van der Waals surface area contributed by atoms with Gasteiger partial charge in [-0.1, -0.05) is 12.1 Å². The number of pyridine rings is 1. The van der Waals surface area contributed by atoms with E-state index in [9.17, 15) is 24.3 Å². The quantitative estimate of drug-likeness (QED) is 0.618. The standard InChI is InChI=1S/C24H21N3O5S/c28-21(20-5-2-8-33-20)25-18-6-7-19-17-9-14(12-27(19)23(18)30)11-26(13-17)22(29)15-3-1-4-16(10-15)24(31)32/h1-8,10,14,17H,9,11-13H2,(H,25,28)(H,31,32)/t14-,17-/m1/s1. The molecule has 168 valence electrons. The summed E-state index contributed by atoms with van der Waals surface area (Å²) in [6, 6.07) is 13.0. The molecular weight excluding hydrogens is 442 g/mol. The predicted octanol–water partition coefficient (Wildman–Crippen LogP) is 3.12. The van der Waals surface area contributed by atoms with Gasteiger partial charge in [0.25, 0.3) is 17.4 Å². The molecule has 0 unspecified atom stereocenters. The summed E-state index contributed by atoms with van der Waals surface area (Å²) in [6.07, 6.45) is 0.874. The van der Waals surface area contributed by atoms with E-state index in [0.717, 1.165) is 12.1 Å². The van der Waals surface area contributed by atoms with Crippen LogP contribution in [0.5, 0.6) is 0 Å². The van der Waals surface area contributed by atoms with Gasteiger partial charge in [-0.15, -0.1) is 11.3 Å². The van der Waals surface area contributed by atoms with E-state index < -0.39 is 5.97 Å². The zero-order chi connectivity index (χ0) is 23.1. The molecule has 2 N–H and O–H groups in total. The third kappa shape index (κ3) is 3.95. The zero-order valence-corrected chi connectivity index (χ0v) is 18.4. The molecule has 33 heavy (non-hydrogen) atoms. The van der Waals surface area contributed by atoms with Crippen molar-refractivity contribution in [1.29, 1.82) is 0 Å². The summed E-state index contributed by atoms with van der Waals surface area (Å²) in [5.41, 5.74) is 1.28. The molecule has 0 saturated carbocycles. The lowest BCUT2D eigenvalue weighted by Crippen LogP contribution is -2.49. The molecule has 0 radical (unpaired) electrons. The number of piperidine rings is 1. The zero-order valence-electron chi connectivity index (χ0n) is 17.6. The Morgan fingerprint density at radius 3 is 2.58 bits per heavy atom. The van der Waals surface area contributed by atoms with Gasteiger partial charge >= 0.3 is 5.97 Å². The molecular formula is C24H21N3O5S. The highest BCUT2D eigenvalue weighted by molar-refractivity contribution is 7.12. The van der Waals surface area contributed by atoms with E-state index in [1.807, 2.05) is 6.07 Å². The number of likely N-dealkylation sites (tertiary alicyclic amines) is 1. The minimum atomic E-state index is -1.07. The van der Waals surface area contributed by atoms with Gasteiger partial charge < -0.3 is 19.9 Å². The van der Waals surface area contributed by atoms with Crippen molar-refractivity contribution in [3.8, 4) is 0 Å². The summed E-state index contributed by atoms with van der Waals surface area (Å²) in [7, 11) is 0. The molecule has 3 aromatic rings. The number of hydrogen-bond donors (Lipinski definition) is 2. The number of nitrogens with zero attached hydrogens (tertiary/aromatic N) is 2. The number of rotatable bonds is 4. The third-order valence-corrected chi connectivity index (χ3v) is 7.11. The molecule has 9 heteroatoms. The topological polar surface area (TPSA) is 109 Å². The number of carboxylic acids is 1. The summed E-state index contributed by atoms with van der Waals surface area (Å²) in [5.74, 6) is -1.49. The van der Waals surface area contributed by atoms with Crippen LogP contribution in [0.3, 0.4) is 0 Å². The van der Waals surface area contributed by atoms with Crippen LogP contribution >= 0.6 is 11.3 Å². The first-order valence-corrected chi connectivity index (χ1v) is 11.5. The van der Waals surface area contributed by atoms with Gasteiger partial charge in [-0.25, -0.2) is 4.79 Å². The van der Waals surface area contributed by atoms with E-state index >= 15 is 0 Å². The van der Waals surface area contributed by atoms with Crippen LogP contribution < -0.4 is 10.9 Å². The minimum absolute atomic E-state index is 0.00106. The first kappa shape index (κ1) is 21.1. The Kier molecular flexibility index (Phi) is 5.33. The number of amides is 2. The lowest BCUT2D eigenvalue weighted by molar-refractivity contribution is 0.0594. The summed E-state index contributed by atoms with van der Waals surface area (Å²) < 4.78 is 1.72. The van der Waals surface area contributed by atoms with E-state index in [1.54, 1.807) is 45.2 Å². The van der Waals surface area contributed by atoms with Crippen LogP contribution in [0.2, 0.25) is 0 Å². The van der Waals surface area contributed by atoms with E-state index in [1.165, 1.54) is 23.5 Å². The lowest BCUT2D eigenvalue weighted by Gasteiger charge is -2.43. The van der Waals surface area contributed by atoms with Crippen LogP contribution in [0.25, 0.3) is 0 Å². The van der Waals surface area contributed by atoms with Crippen molar-refractivity contribution in [3.05, 3.63) is 86.0 Å². The molecule has 2 aliphatic heterocycles. The molecule has 2 amide bonds. The highest BCUT2D eigenvalue weighted by Crippen LogP contribution is 2.36. The predicted molar refractivity (Wildman–Crippen MR) is 123 cm³/mol. The lowest BCUT2D eigenvalue weighted by atomic mass is 9.83. The molecule has 0 spiro atoms. The van der Waals surface area contributed by atoms with Crippen molar-refractivity contribution in [3.63, 3.8) is 0 Å². The molecule has 5 rings (SSSR count). The second-order valence-corrected chi connectivity index (χ2v) is 9.36. The molecule has 2 aliphatic rings. The van der Waals surface area contributed by atoms with Crippen LogP contribution in [0.15, 0.2) is 58.7 Å². The Morgan fingerprint density at radius 1 is 1.00 bits per heavy atom. The minimum Gasteiger partial charge on any atom is -0.478 e. The van der Waals surface area contributed by atoms with Crippen molar-refractivity contribution >= 4 is 34.8 Å². The monoisotopic (exact) mass is 463 g/mol. The summed E-state index contributed by atoms with van der Waals surface area (Å²) in [4.78, 5) is 52.1. The molecule has 1 aromatic carbocycles. The Labute approximate surface area is 193 Å². The first-order chi connectivity index (χ1) is 15.9. The van der Waals surface area contributed by atoms with Crippen LogP contribution in [-0.4, -0.2) is 45.4 Å². The highest BCUT2D eigenvalue weighted by Gasteiger charge is 2.37. The number of hydrogen-bond acceptors (Lipinski definition) is 5. The van der Waals surface area contributed by atoms with Crippen LogP contribution in [0, 0.1) is 5.92 Å². The molecule has 2 bridgehead atoms. The SMILES string of the molecule is O=C(O)c1cccc(C(=O)N2C[C@H]3C[C@H](C2)c2ccc(NC(=O)c4cccs4)c(=O)n2C3)c1. The second-order valence-electron chi connectivity index (χ2n) is 8.41.